The molecular formula is C20H24N2O2. The molecule has 0 radical (unpaired) electrons. The number of carbonyl (C=O) groups is 1. The fourth-order valence-corrected chi connectivity index (χ4v) is 4.11. The van der Waals surface area contributed by atoms with Gasteiger partial charge in [-0.3, -0.25) is 9.69 Å². The number of aliphatic hydroxyl groups excluding tert-OH is 1. The van der Waals surface area contributed by atoms with Gasteiger partial charge in [0.1, 0.15) is 11.6 Å². The molecule has 1 aliphatic carbocycles. The fraction of sp³-hybridized carbons (Fsp3) is 0.450. The Hall–Kier alpha value is -2.23. The fourth-order valence-electron chi connectivity index (χ4n) is 4.11. The first kappa shape index (κ1) is 15.3. The number of aromatic nitrogens is 1. The summed E-state index contributed by atoms with van der Waals surface area (Å²) >= 11 is 0. The number of carbonyl (C=O) groups excluding carboxylic acids is 1. The molecule has 1 aromatic carbocycles. The van der Waals surface area contributed by atoms with Crippen LogP contribution in [-0.2, 0) is 11.2 Å². The Morgan fingerprint density at radius 2 is 2.08 bits per heavy atom. The van der Waals surface area contributed by atoms with E-state index < -0.39 is 0 Å². The van der Waals surface area contributed by atoms with E-state index in [1.165, 1.54) is 29.0 Å². The molecule has 4 heteroatoms. The number of benzene rings is 1. The number of anilines is 1. The van der Waals surface area contributed by atoms with E-state index in [2.05, 4.69) is 30.1 Å². The second kappa shape index (κ2) is 6.00. The van der Waals surface area contributed by atoms with E-state index in [-0.39, 0.29) is 17.6 Å². The van der Waals surface area contributed by atoms with Crippen LogP contribution in [-0.4, -0.2) is 22.5 Å². The number of amides is 1. The predicted molar refractivity (Wildman–Crippen MR) is 96.4 cm³/mol. The van der Waals surface area contributed by atoms with Crippen molar-refractivity contribution in [1.29, 1.82) is 0 Å². The SMILES string of the molecule is Cc1ccc2[nH]c3c(c2c1)CCN3C(=O)/C=C(\O)C1CCCCC1. The molecule has 0 spiro atoms. The number of nitrogens with zero attached hydrogens (tertiary/aromatic N) is 1. The predicted octanol–water partition coefficient (Wildman–Crippen LogP) is 4.39. The summed E-state index contributed by atoms with van der Waals surface area (Å²) in [4.78, 5) is 17.8. The van der Waals surface area contributed by atoms with Crippen molar-refractivity contribution in [3.8, 4) is 0 Å². The third-order valence-electron chi connectivity index (χ3n) is 5.46. The Balaban J connectivity index is 1.60. The van der Waals surface area contributed by atoms with Crippen LogP contribution in [0.2, 0.25) is 0 Å². The average Bonchev–Trinajstić information content (AvgIpc) is 3.14. The van der Waals surface area contributed by atoms with Crippen molar-refractivity contribution >= 4 is 22.6 Å². The molecule has 1 aromatic heterocycles. The molecule has 2 aromatic rings. The molecule has 1 amide bonds. The minimum Gasteiger partial charge on any atom is -0.512 e. The van der Waals surface area contributed by atoms with Crippen molar-refractivity contribution in [2.75, 3.05) is 11.4 Å². The molecule has 2 N–H and O–H groups in total. The molecule has 4 nitrogen and oxygen atoms in total. The van der Waals surface area contributed by atoms with E-state index in [1.807, 2.05) is 0 Å². The van der Waals surface area contributed by atoms with Crippen molar-refractivity contribution in [2.45, 2.75) is 45.4 Å². The van der Waals surface area contributed by atoms with Crippen LogP contribution in [0.1, 0.15) is 43.2 Å². The summed E-state index contributed by atoms with van der Waals surface area (Å²) in [6, 6.07) is 6.32. The van der Waals surface area contributed by atoms with E-state index >= 15 is 0 Å². The van der Waals surface area contributed by atoms with Gasteiger partial charge in [0.2, 0.25) is 0 Å². The molecule has 1 saturated carbocycles. The molecule has 2 heterocycles. The van der Waals surface area contributed by atoms with E-state index in [1.54, 1.807) is 4.90 Å². The maximum Gasteiger partial charge on any atom is 0.255 e. The molecule has 0 saturated heterocycles. The summed E-state index contributed by atoms with van der Waals surface area (Å²) in [6.45, 7) is 2.76. The lowest BCUT2D eigenvalue weighted by Crippen LogP contribution is -2.28. The second-order valence-electron chi connectivity index (χ2n) is 7.15. The first-order valence-corrected chi connectivity index (χ1v) is 8.97. The number of allylic oxidation sites excluding steroid dienone is 1. The third kappa shape index (κ3) is 2.60. The Morgan fingerprint density at radius 3 is 2.88 bits per heavy atom. The Bertz CT molecular complexity index is 812. The molecule has 1 aliphatic heterocycles. The first-order chi connectivity index (χ1) is 11.6. The summed E-state index contributed by atoms with van der Waals surface area (Å²) in [5.41, 5.74) is 3.51. The number of fused-ring (bicyclic) bond motifs is 3. The van der Waals surface area contributed by atoms with Crippen molar-refractivity contribution < 1.29 is 9.90 Å². The quantitative estimate of drug-likeness (QED) is 0.636. The van der Waals surface area contributed by atoms with Crippen molar-refractivity contribution in [3.05, 3.63) is 41.2 Å². The second-order valence-corrected chi connectivity index (χ2v) is 7.15. The van der Waals surface area contributed by atoms with E-state index in [4.69, 9.17) is 0 Å². The van der Waals surface area contributed by atoms with Crippen LogP contribution in [0.5, 0.6) is 0 Å². The van der Waals surface area contributed by atoms with Gasteiger partial charge in [-0.1, -0.05) is 30.9 Å². The average molecular weight is 324 g/mol. The molecule has 0 atom stereocenters. The molecule has 126 valence electrons. The maximum absolute atomic E-state index is 12.7. The van der Waals surface area contributed by atoms with Gasteiger partial charge in [0.15, 0.2) is 0 Å². The number of H-pyrrole nitrogens is 1. The standard InChI is InChI=1S/C20H24N2O2/c1-13-7-8-17-16(11-13)15-9-10-22(20(15)21-17)19(24)12-18(23)14-5-3-2-4-6-14/h7-8,11-12,14,21,23H,2-6,9-10H2,1H3/b18-12-. The zero-order chi connectivity index (χ0) is 16.7. The highest BCUT2D eigenvalue weighted by atomic mass is 16.3. The summed E-state index contributed by atoms with van der Waals surface area (Å²) < 4.78 is 0. The number of aromatic amines is 1. The molecule has 4 rings (SSSR count). The molecular weight excluding hydrogens is 300 g/mol. The molecule has 2 aliphatic rings. The monoisotopic (exact) mass is 324 g/mol. The number of nitrogens with one attached hydrogen (secondary N) is 1. The van der Waals surface area contributed by atoms with E-state index in [0.717, 1.165) is 43.4 Å². The van der Waals surface area contributed by atoms with Crippen LogP contribution >= 0.6 is 0 Å². The normalized spacial score (nSPS) is 19.0. The van der Waals surface area contributed by atoms with Crippen LogP contribution in [0, 0.1) is 12.8 Å². The van der Waals surface area contributed by atoms with Gasteiger partial charge in [0.05, 0.1) is 0 Å². The van der Waals surface area contributed by atoms with E-state index in [0.29, 0.717) is 6.54 Å². The summed E-state index contributed by atoms with van der Waals surface area (Å²) in [7, 11) is 0. The number of hydrogen-bond donors (Lipinski definition) is 2. The smallest absolute Gasteiger partial charge is 0.255 e. The highest BCUT2D eigenvalue weighted by Crippen LogP contribution is 2.35. The number of rotatable bonds is 2. The molecule has 0 bridgehead atoms. The topological polar surface area (TPSA) is 56.3 Å². The van der Waals surface area contributed by atoms with Gasteiger partial charge >= 0.3 is 0 Å². The van der Waals surface area contributed by atoms with E-state index in [9.17, 15) is 9.90 Å². The number of aryl methyl sites for hydroxylation is 1. The summed E-state index contributed by atoms with van der Waals surface area (Å²) in [6.07, 6.45) is 7.82. The van der Waals surface area contributed by atoms with Crippen molar-refractivity contribution in [1.82, 2.24) is 4.98 Å². The zero-order valence-corrected chi connectivity index (χ0v) is 14.1. The Morgan fingerprint density at radius 1 is 1.29 bits per heavy atom. The van der Waals surface area contributed by atoms with Gasteiger partial charge in [0, 0.05) is 35.0 Å². The molecule has 1 fully saturated rings. The summed E-state index contributed by atoms with van der Waals surface area (Å²) in [5.74, 6) is 1.21. The van der Waals surface area contributed by atoms with Crippen molar-refractivity contribution in [3.63, 3.8) is 0 Å². The maximum atomic E-state index is 12.7. The number of aliphatic hydroxyl groups is 1. The Kier molecular flexibility index (Phi) is 3.83. The van der Waals surface area contributed by atoms with Crippen LogP contribution in [0.4, 0.5) is 5.82 Å². The lowest BCUT2D eigenvalue weighted by atomic mass is 9.87. The van der Waals surface area contributed by atoms with Gasteiger partial charge < -0.3 is 10.1 Å². The highest BCUT2D eigenvalue weighted by Gasteiger charge is 2.28. The zero-order valence-electron chi connectivity index (χ0n) is 14.1. The van der Waals surface area contributed by atoms with Gasteiger partial charge in [-0.05, 0) is 38.3 Å². The van der Waals surface area contributed by atoms with Crippen LogP contribution in [0.15, 0.2) is 30.0 Å². The summed E-state index contributed by atoms with van der Waals surface area (Å²) in [5, 5.41) is 11.5. The minimum absolute atomic E-state index is 0.111. The van der Waals surface area contributed by atoms with Gasteiger partial charge in [-0.25, -0.2) is 0 Å². The third-order valence-corrected chi connectivity index (χ3v) is 5.46. The first-order valence-electron chi connectivity index (χ1n) is 8.97. The minimum atomic E-state index is -0.111. The number of hydrogen-bond acceptors (Lipinski definition) is 2. The van der Waals surface area contributed by atoms with Crippen LogP contribution in [0.25, 0.3) is 10.9 Å². The van der Waals surface area contributed by atoms with Gasteiger partial charge in [0.25, 0.3) is 5.91 Å². The van der Waals surface area contributed by atoms with Crippen molar-refractivity contribution in [2.24, 2.45) is 5.92 Å². The van der Waals surface area contributed by atoms with Crippen LogP contribution in [0.3, 0.4) is 0 Å². The molecule has 0 unspecified atom stereocenters. The van der Waals surface area contributed by atoms with Crippen LogP contribution < -0.4 is 4.90 Å². The Labute approximate surface area is 142 Å². The lowest BCUT2D eigenvalue weighted by molar-refractivity contribution is -0.114. The largest absolute Gasteiger partial charge is 0.512 e. The van der Waals surface area contributed by atoms with Gasteiger partial charge in [-0.15, -0.1) is 0 Å². The lowest BCUT2D eigenvalue weighted by Gasteiger charge is -2.21. The highest BCUT2D eigenvalue weighted by molar-refractivity contribution is 6.05. The molecule has 24 heavy (non-hydrogen) atoms. The van der Waals surface area contributed by atoms with Gasteiger partial charge in [-0.2, -0.15) is 0 Å².